The van der Waals surface area contributed by atoms with Crippen LogP contribution in [-0.4, -0.2) is 29.3 Å². The SMILES string of the molecule is Cl.N[C@@H](Cc1ccc2c(c1)COB2O)C(=O)O. The molecule has 0 spiro atoms. The quantitative estimate of drug-likeness (QED) is 0.622. The first-order chi connectivity index (χ1) is 7.58. The molecule has 1 aliphatic heterocycles. The van der Waals surface area contributed by atoms with Gasteiger partial charge in [0.15, 0.2) is 0 Å². The molecule has 1 aliphatic rings. The van der Waals surface area contributed by atoms with Crippen molar-refractivity contribution in [1.29, 1.82) is 0 Å². The maximum atomic E-state index is 10.6. The van der Waals surface area contributed by atoms with Crippen LogP contribution < -0.4 is 11.2 Å². The Morgan fingerprint density at radius 1 is 1.59 bits per heavy atom. The number of fused-ring (bicyclic) bond motifs is 1. The Hall–Kier alpha value is -1.08. The van der Waals surface area contributed by atoms with Gasteiger partial charge in [-0.05, 0) is 23.0 Å². The van der Waals surface area contributed by atoms with E-state index in [0.717, 1.165) is 16.6 Å². The van der Waals surface area contributed by atoms with E-state index in [1.165, 1.54) is 0 Å². The molecule has 4 N–H and O–H groups in total. The molecule has 17 heavy (non-hydrogen) atoms. The minimum absolute atomic E-state index is 0. The normalized spacial score (nSPS) is 15.1. The standard InChI is InChI=1S/C10H12BNO4.ClH/c12-9(10(13)14)4-6-1-2-8-7(3-6)5-16-11(8)15;/h1-3,9,15H,4-5,12H2,(H,13,14);1H/t9-;/m0./s1. The Kier molecular flexibility index (Phi) is 4.53. The molecule has 1 aromatic rings. The topological polar surface area (TPSA) is 92.8 Å². The first kappa shape index (κ1) is 14.0. The second-order valence-electron chi connectivity index (χ2n) is 3.85. The number of nitrogens with two attached hydrogens (primary N) is 1. The van der Waals surface area contributed by atoms with Crippen LogP contribution in [0.3, 0.4) is 0 Å². The predicted octanol–water partition coefficient (Wildman–Crippen LogP) is -0.720. The second kappa shape index (κ2) is 5.51. The second-order valence-corrected chi connectivity index (χ2v) is 3.85. The van der Waals surface area contributed by atoms with Crippen molar-refractivity contribution in [2.45, 2.75) is 19.1 Å². The van der Waals surface area contributed by atoms with Gasteiger partial charge in [-0.15, -0.1) is 12.4 Å². The highest BCUT2D eigenvalue weighted by molar-refractivity contribution is 6.61. The van der Waals surface area contributed by atoms with Crippen molar-refractivity contribution in [2.24, 2.45) is 5.73 Å². The predicted molar refractivity (Wildman–Crippen MR) is 65.4 cm³/mol. The summed E-state index contributed by atoms with van der Waals surface area (Å²) in [6, 6.07) is 4.44. The Bertz CT molecular complexity index is 429. The molecule has 0 saturated heterocycles. The van der Waals surface area contributed by atoms with Crippen molar-refractivity contribution in [3.8, 4) is 0 Å². The number of carboxylic acids is 1. The zero-order valence-corrected chi connectivity index (χ0v) is 9.81. The van der Waals surface area contributed by atoms with Crippen LogP contribution in [0.1, 0.15) is 11.1 Å². The molecule has 7 heteroatoms. The lowest BCUT2D eigenvalue weighted by Crippen LogP contribution is -2.32. The maximum absolute atomic E-state index is 10.6. The van der Waals surface area contributed by atoms with Crippen molar-refractivity contribution < 1.29 is 19.6 Å². The van der Waals surface area contributed by atoms with E-state index in [1.807, 2.05) is 6.07 Å². The molecule has 0 bridgehead atoms. The number of benzene rings is 1. The fourth-order valence-electron chi connectivity index (χ4n) is 1.75. The average Bonchev–Trinajstić information content (AvgIpc) is 2.60. The van der Waals surface area contributed by atoms with Gasteiger partial charge in [0.05, 0.1) is 6.61 Å². The number of aliphatic carboxylic acids is 1. The van der Waals surface area contributed by atoms with Gasteiger partial charge in [-0.1, -0.05) is 18.2 Å². The Morgan fingerprint density at radius 2 is 2.29 bits per heavy atom. The van der Waals surface area contributed by atoms with Gasteiger partial charge in [0.1, 0.15) is 6.04 Å². The summed E-state index contributed by atoms with van der Waals surface area (Å²) in [5.74, 6) is -1.02. The van der Waals surface area contributed by atoms with Crippen LogP contribution in [0.25, 0.3) is 0 Å². The molecule has 1 atom stereocenters. The highest BCUT2D eigenvalue weighted by Crippen LogP contribution is 2.13. The van der Waals surface area contributed by atoms with E-state index in [1.54, 1.807) is 12.1 Å². The monoisotopic (exact) mass is 257 g/mol. The number of hydrogen-bond donors (Lipinski definition) is 3. The van der Waals surface area contributed by atoms with Crippen molar-refractivity contribution >= 4 is 31.0 Å². The highest BCUT2D eigenvalue weighted by atomic mass is 35.5. The fourth-order valence-corrected chi connectivity index (χ4v) is 1.75. The van der Waals surface area contributed by atoms with Gasteiger partial charge >= 0.3 is 13.1 Å². The van der Waals surface area contributed by atoms with Gasteiger partial charge in [-0.25, -0.2) is 0 Å². The molecule has 0 amide bonds. The van der Waals surface area contributed by atoms with Crippen LogP contribution in [0.15, 0.2) is 18.2 Å². The summed E-state index contributed by atoms with van der Waals surface area (Å²) in [5.41, 5.74) is 7.91. The van der Waals surface area contributed by atoms with E-state index in [4.69, 9.17) is 15.5 Å². The first-order valence-corrected chi connectivity index (χ1v) is 4.97. The van der Waals surface area contributed by atoms with Crippen LogP contribution in [0, 0.1) is 0 Å². The molecule has 2 rings (SSSR count). The summed E-state index contributed by atoms with van der Waals surface area (Å²) in [6.45, 7) is 0.354. The number of carboxylic acid groups (broad SMARTS) is 1. The first-order valence-electron chi connectivity index (χ1n) is 4.97. The average molecular weight is 257 g/mol. The zero-order chi connectivity index (χ0) is 11.7. The van der Waals surface area contributed by atoms with E-state index in [-0.39, 0.29) is 18.8 Å². The van der Waals surface area contributed by atoms with Crippen LogP contribution in [0.5, 0.6) is 0 Å². The number of carbonyl (C=O) groups is 1. The molecule has 1 heterocycles. The number of halogens is 1. The van der Waals surface area contributed by atoms with Crippen molar-refractivity contribution in [3.63, 3.8) is 0 Å². The minimum atomic E-state index is -1.02. The molecular formula is C10H13BClNO4. The molecule has 0 unspecified atom stereocenters. The van der Waals surface area contributed by atoms with Crippen LogP contribution in [0.4, 0.5) is 0 Å². The molecule has 0 aliphatic carbocycles. The van der Waals surface area contributed by atoms with Gasteiger partial charge in [-0.3, -0.25) is 4.79 Å². The van der Waals surface area contributed by atoms with Gasteiger partial charge in [0.25, 0.3) is 0 Å². The van der Waals surface area contributed by atoms with Crippen molar-refractivity contribution in [3.05, 3.63) is 29.3 Å². The third-order valence-corrected chi connectivity index (χ3v) is 2.64. The summed E-state index contributed by atoms with van der Waals surface area (Å²) in [6.07, 6.45) is 0.276. The lowest BCUT2D eigenvalue weighted by atomic mass is 9.79. The molecule has 0 radical (unpaired) electrons. The highest BCUT2D eigenvalue weighted by Gasteiger charge is 2.27. The van der Waals surface area contributed by atoms with Gasteiger partial charge in [-0.2, -0.15) is 0 Å². The maximum Gasteiger partial charge on any atom is 0.491 e. The molecule has 0 aromatic heterocycles. The molecule has 5 nitrogen and oxygen atoms in total. The lowest BCUT2D eigenvalue weighted by molar-refractivity contribution is -0.138. The van der Waals surface area contributed by atoms with Gasteiger partial charge in [0.2, 0.25) is 0 Å². The van der Waals surface area contributed by atoms with Crippen molar-refractivity contribution in [2.75, 3.05) is 0 Å². The molecule has 0 saturated carbocycles. The Labute approximate surface area is 105 Å². The van der Waals surface area contributed by atoms with Crippen LogP contribution in [-0.2, 0) is 22.5 Å². The summed E-state index contributed by atoms with van der Waals surface area (Å²) < 4.78 is 5.04. The summed E-state index contributed by atoms with van der Waals surface area (Å²) in [5, 5.41) is 18.1. The van der Waals surface area contributed by atoms with E-state index in [9.17, 15) is 9.82 Å². The van der Waals surface area contributed by atoms with E-state index >= 15 is 0 Å². The molecular weight excluding hydrogens is 244 g/mol. The fraction of sp³-hybridized carbons (Fsp3) is 0.300. The number of rotatable bonds is 3. The van der Waals surface area contributed by atoms with Gasteiger partial charge in [0, 0.05) is 0 Å². The minimum Gasteiger partial charge on any atom is -0.480 e. The van der Waals surface area contributed by atoms with Crippen LogP contribution >= 0.6 is 12.4 Å². The Morgan fingerprint density at radius 3 is 2.94 bits per heavy atom. The van der Waals surface area contributed by atoms with E-state index in [2.05, 4.69) is 0 Å². The molecule has 0 fully saturated rings. The third-order valence-electron chi connectivity index (χ3n) is 2.64. The number of hydrogen-bond acceptors (Lipinski definition) is 4. The third kappa shape index (κ3) is 2.98. The van der Waals surface area contributed by atoms with Gasteiger partial charge < -0.3 is 20.5 Å². The Balaban J connectivity index is 0.00000144. The molecule has 1 aromatic carbocycles. The zero-order valence-electron chi connectivity index (χ0n) is 9.00. The summed E-state index contributed by atoms with van der Waals surface area (Å²) in [4.78, 5) is 10.6. The van der Waals surface area contributed by atoms with E-state index in [0.29, 0.717) is 6.61 Å². The smallest absolute Gasteiger partial charge is 0.480 e. The largest absolute Gasteiger partial charge is 0.491 e. The summed E-state index contributed by atoms with van der Waals surface area (Å²) >= 11 is 0. The lowest BCUT2D eigenvalue weighted by Gasteiger charge is -2.07. The van der Waals surface area contributed by atoms with Crippen molar-refractivity contribution in [1.82, 2.24) is 0 Å². The van der Waals surface area contributed by atoms with Crippen LogP contribution in [0.2, 0.25) is 0 Å². The summed E-state index contributed by atoms with van der Waals surface area (Å²) in [7, 11) is -0.864. The molecule has 92 valence electrons. The van der Waals surface area contributed by atoms with E-state index < -0.39 is 19.1 Å².